The summed E-state index contributed by atoms with van der Waals surface area (Å²) in [6, 6.07) is 1.50. The Morgan fingerprint density at radius 1 is 1.58 bits per heavy atom. The Kier molecular flexibility index (Phi) is 2.12. The highest BCUT2D eigenvalue weighted by atomic mass is 31.2. The topological polar surface area (TPSA) is 75.4 Å². The average Bonchev–Trinajstić information content (AvgIpc) is 2.34. The molecule has 5 nitrogen and oxygen atoms in total. The largest absolute Gasteiger partial charge is 0.352 e. The molecular formula is C6H10N2O3P. The van der Waals surface area contributed by atoms with Gasteiger partial charge in [0, 0.05) is 6.20 Å². The first-order valence-electron chi connectivity index (χ1n) is 3.33. The van der Waals surface area contributed by atoms with Crippen molar-refractivity contribution in [3.05, 3.63) is 18.5 Å². The van der Waals surface area contributed by atoms with Gasteiger partial charge in [-0.15, -0.1) is 0 Å². The van der Waals surface area contributed by atoms with Crippen LogP contribution in [0.3, 0.4) is 0 Å². The summed E-state index contributed by atoms with van der Waals surface area (Å²) < 4.78 is 12.2. The standard InChI is InChI=1S/C6H10N2O3P/c1-6(2,12(9,10)11)8-5-3-4-7-8/h3,5H,1-2H3,(H2,9,10,11). The van der Waals surface area contributed by atoms with Crippen molar-refractivity contribution in [2.45, 2.75) is 19.1 Å². The van der Waals surface area contributed by atoms with Gasteiger partial charge in [0.2, 0.25) is 0 Å². The van der Waals surface area contributed by atoms with Gasteiger partial charge in [0.05, 0.1) is 0 Å². The SMILES string of the molecule is CC(C)(n1cc[c]n1)P(=O)(O)O. The van der Waals surface area contributed by atoms with Crippen molar-refractivity contribution < 1.29 is 14.4 Å². The maximum Gasteiger partial charge on any atom is 0.352 e. The summed E-state index contributed by atoms with van der Waals surface area (Å²) in [5.74, 6) is 0. The molecule has 67 valence electrons. The summed E-state index contributed by atoms with van der Waals surface area (Å²) in [5, 5.41) is 2.36. The molecule has 0 saturated carbocycles. The zero-order valence-electron chi connectivity index (χ0n) is 6.80. The molecule has 0 atom stereocenters. The van der Waals surface area contributed by atoms with Crippen LogP contribution in [0.25, 0.3) is 0 Å². The maximum absolute atomic E-state index is 11.0. The Morgan fingerprint density at radius 3 is 2.50 bits per heavy atom. The molecule has 1 rings (SSSR count). The smallest absolute Gasteiger partial charge is 0.323 e. The molecule has 0 aromatic carbocycles. The van der Waals surface area contributed by atoms with E-state index in [-0.39, 0.29) is 0 Å². The van der Waals surface area contributed by atoms with E-state index in [1.807, 2.05) is 0 Å². The number of aromatic nitrogens is 2. The Hall–Kier alpha value is -0.640. The molecule has 0 spiro atoms. The molecule has 0 aliphatic heterocycles. The Morgan fingerprint density at radius 2 is 2.17 bits per heavy atom. The van der Waals surface area contributed by atoms with Crippen LogP contribution in [0.5, 0.6) is 0 Å². The van der Waals surface area contributed by atoms with Gasteiger partial charge >= 0.3 is 7.60 Å². The van der Waals surface area contributed by atoms with Gasteiger partial charge < -0.3 is 9.79 Å². The second-order valence-electron chi connectivity index (χ2n) is 2.93. The van der Waals surface area contributed by atoms with Gasteiger partial charge in [-0.1, -0.05) is 0 Å². The normalized spacial score (nSPS) is 13.3. The monoisotopic (exact) mass is 189 g/mol. The van der Waals surface area contributed by atoms with Gasteiger partial charge in [-0.25, -0.2) is 0 Å². The van der Waals surface area contributed by atoms with E-state index in [4.69, 9.17) is 9.79 Å². The van der Waals surface area contributed by atoms with Crippen LogP contribution in [0, 0.1) is 6.20 Å². The predicted octanol–water partition coefficient (Wildman–Crippen LogP) is 0.554. The van der Waals surface area contributed by atoms with Gasteiger partial charge in [-0.05, 0) is 19.9 Å². The van der Waals surface area contributed by atoms with Crippen molar-refractivity contribution in [2.24, 2.45) is 0 Å². The third-order valence-electron chi connectivity index (χ3n) is 1.73. The van der Waals surface area contributed by atoms with Crippen molar-refractivity contribution in [3.63, 3.8) is 0 Å². The predicted molar refractivity (Wildman–Crippen MR) is 42.4 cm³/mol. The molecule has 0 saturated heterocycles. The van der Waals surface area contributed by atoms with Crippen LogP contribution in [0.2, 0.25) is 0 Å². The lowest BCUT2D eigenvalue weighted by molar-refractivity contribution is 0.290. The first-order chi connectivity index (χ1) is 5.36. The summed E-state index contributed by atoms with van der Waals surface area (Å²) in [5.41, 5.74) is 0. The molecule has 1 radical (unpaired) electrons. The highest BCUT2D eigenvalue weighted by molar-refractivity contribution is 7.52. The fourth-order valence-corrected chi connectivity index (χ4v) is 1.05. The van der Waals surface area contributed by atoms with E-state index >= 15 is 0 Å². The molecule has 0 fully saturated rings. The van der Waals surface area contributed by atoms with E-state index in [1.165, 1.54) is 30.8 Å². The van der Waals surface area contributed by atoms with Crippen LogP contribution in [0.15, 0.2) is 12.3 Å². The van der Waals surface area contributed by atoms with E-state index in [9.17, 15) is 4.57 Å². The average molecular weight is 189 g/mol. The van der Waals surface area contributed by atoms with Crippen LogP contribution in [0.4, 0.5) is 0 Å². The number of hydrogen-bond donors (Lipinski definition) is 2. The molecule has 1 aromatic heterocycles. The number of rotatable bonds is 2. The Bertz CT molecular complexity index is 301. The van der Waals surface area contributed by atoms with Crippen LogP contribution >= 0.6 is 7.60 Å². The quantitative estimate of drug-likeness (QED) is 0.666. The van der Waals surface area contributed by atoms with Crippen molar-refractivity contribution in [1.82, 2.24) is 9.78 Å². The van der Waals surface area contributed by atoms with Crippen molar-refractivity contribution in [3.8, 4) is 0 Å². The van der Waals surface area contributed by atoms with E-state index in [2.05, 4.69) is 11.3 Å². The Balaban J connectivity index is 3.11. The molecule has 0 aliphatic rings. The molecule has 2 N–H and O–H groups in total. The second kappa shape index (κ2) is 2.69. The number of hydrogen-bond acceptors (Lipinski definition) is 2. The molecule has 1 heterocycles. The van der Waals surface area contributed by atoms with E-state index in [0.717, 1.165) is 0 Å². The summed E-state index contributed by atoms with van der Waals surface area (Å²) in [6.45, 7) is 2.85. The minimum atomic E-state index is -4.18. The lowest BCUT2D eigenvalue weighted by Gasteiger charge is -2.25. The minimum absolute atomic E-state index is 1.20. The van der Waals surface area contributed by atoms with Gasteiger partial charge in [-0.2, -0.15) is 5.10 Å². The molecular weight excluding hydrogens is 179 g/mol. The lowest BCUT2D eigenvalue weighted by atomic mass is 10.4. The van der Waals surface area contributed by atoms with Gasteiger partial charge in [0.25, 0.3) is 0 Å². The van der Waals surface area contributed by atoms with Crippen LogP contribution in [-0.2, 0) is 9.85 Å². The maximum atomic E-state index is 11.0. The number of nitrogens with zero attached hydrogens (tertiary/aromatic N) is 2. The fraction of sp³-hybridized carbons (Fsp3) is 0.500. The van der Waals surface area contributed by atoms with Gasteiger partial charge in [-0.3, -0.25) is 9.25 Å². The highest BCUT2D eigenvalue weighted by Gasteiger charge is 2.39. The molecule has 0 unspecified atom stereocenters. The summed E-state index contributed by atoms with van der Waals surface area (Å²) in [6.07, 6.45) is 3.95. The molecule has 0 bridgehead atoms. The molecule has 6 heteroatoms. The lowest BCUT2D eigenvalue weighted by Crippen LogP contribution is -2.26. The van der Waals surface area contributed by atoms with Crippen molar-refractivity contribution >= 4 is 7.60 Å². The zero-order chi connectivity index (χ0) is 9.41. The summed E-state index contributed by atoms with van der Waals surface area (Å²) in [7, 11) is -4.18. The molecule has 0 aliphatic carbocycles. The van der Waals surface area contributed by atoms with E-state index in [1.54, 1.807) is 0 Å². The summed E-state index contributed by atoms with van der Waals surface area (Å²) >= 11 is 0. The Labute approximate surface area is 70.2 Å². The molecule has 1 aromatic rings. The van der Waals surface area contributed by atoms with Crippen molar-refractivity contribution in [2.75, 3.05) is 0 Å². The molecule has 0 amide bonds. The first-order valence-corrected chi connectivity index (χ1v) is 4.95. The third-order valence-corrected chi connectivity index (χ3v) is 3.36. The van der Waals surface area contributed by atoms with E-state index in [0.29, 0.717) is 0 Å². The van der Waals surface area contributed by atoms with Crippen LogP contribution in [0.1, 0.15) is 13.8 Å². The zero-order valence-corrected chi connectivity index (χ0v) is 7.69. The van der Waals surface area contributed by atoms with E-state index < -0.39 is 12.9 Å². The third kappa shape index (κ3) is 1.43. The second-order valence-corrected chi connectivity index (χ2v) is 5.11. The van der Waals surface area contributed by atoms with Gasteiger partial charge in [0.15, 0.2) is 5.28 Å². The van der Waals surface area contributed by atoms with Gasteiger partial charge in [0.1, 0.15) is 6.20 Å². The van der Waals surface area contributed by atoms with Crippen LogP contribution in [-0.4, -0.2) is 19.6 Å². The molecule has 12 heavy (non-hydrogen) atoms. The summed E-state index contributed by atoms with van der Waals surface area (Å²) in [4.78, 5) is 17.9. The highest BCUT2D eigenvalue weighted by Crippen LogP contribution is 2.52. The van der Waals surface area contributed by atoms with Crippen molar-refractivity contribution in [1.29, 1.82) is 0 Å². The first kappa shape index (κ1) is 9.45. The van der Waals surface area contributed by atoms with Crippen LogP contribution < -0.4 is 0 Å². The minimum Gasteiger partial charge on any atom is -0.323 e. The fourth-order valence-electron chi connectivity index (χ4n) is 0.671.